The Morgan fingerprint density at radius 1 is 1.27 bits per heavy atom. The number of nitrogens with two attached hydrogens (primary N) is 1. The SMILES string of the molecule is CC(F)(F)CN1CCOc2c(Cl)c(-c3ccc(F)c4sc(N)c(C#N)c34)c(F)c3nc(OC[C@@]45CCCN4C[C@H](F)C5)nc1c23. The molecule has 2 fully saturated rings. The minimum Gasteiger partial charge on any atom is -0.489 e. The van der Waals surface area contributed by atoms with Gasteiger partial charge in [0, 0.05) is 30.8 Å². The lowest BCUT2D eigenvalue weighted by molar-refractivity contribution is 0.0294. The van der Waals surface area contributed by atoms with Gasteiger partial charge in [0.05, 0.1) is 39.3 Å². The highest BCUT2D eigenvalue weighted by Crippen LogP contribution is 2.51. The molecular formula is C30H26ClF5N6O2S. The van der Waals surface area contributed by atoms with Gasteiger partial charge in [-0.25, -0.2) is 22.0 Å². The average molecular weight is 665 g/mol. The van der Waals surface area contributed by atoms with Crippen molar-refractivity contribution >= 4 is 54.7 Å². The number of aromatic nitrogens is 2. The van der Waals surface area contributed by atoms with Gasteiger partial charge in [-0.15, -0.1) is 11.3 Å². The fourth-order valence-corrected chi connectivity index (χ4v) is 8.19. The predicted molar refractivity (Wildman–Crippen MR) is 161 cm³/mol. The van der Waals surface area contributed by atoms with Crippen molar-refractivity contribution in [2.24, 2.45) is 0 Å². The molecule has 45 heavy (non-hydrogen) atoms. The minimum atomic E-state index is -3.15. The Morgan fingerprint density at radius 2 is 2.07 bits per heavy atom. The van der Waals surface area contributed by atoms with Gasteiger partial charge in [-0.1, -0.05) is 17.7 Å². The quantitative estimate of drug-likeness (QED) is 0.227. The molecule has 0 unspecified atom stereocenters. The van der Waals surface area contributed by atoms with Crippen LogP contribution < -0.4 is 20.1 Å². The van der Waals surface area contributed by atoms with Crippen LogP contribution in [0.4, 0.5) is 32.8 Å². The van der Waals surface area contributed by atoms with E-state index < -0.39 is 35.8 Å². The standard InChI is InChI=1S/C30H26ClF5N6O2S/c1-29(35,36)12-41-7-8-43-24-20-23(39-28(40-27(20)41)44-13-30-5-2-6-42(30)11-14(32)9-30)22(34)19(21(24)31)15-3-4-17(33)25-18(15)16(10-37)26(38)45-25/h3-4,14H,2,5-9,11-13,38H2,1H3/t14-,30+/m1/s1. The van der Waals surface area contributed by atoms with Gasteiger partial charge < -0.3 is 20.1 Å². The Hall–Kier alpha value is -3.67. The van der Waals surface area contributed by atoms with Crippen LogP contribution in [0.15, 0.2) is 12.1 Å². The number of fused-ring (bicyclic) bond motifs is 2. The summed E-state index contributed by atoms with van der Waals surface area (Å²) < 4.78 is 86.9. The number of halogens is 6. The van der Waals surface area contributed by atoms with Crippen LogP contribution in [0.2, 0.25) is 5.02 Å². The van der Waals surface area contributed by atoms with Crippen molar-refractivity contribution in [2.75, 3.05) is 50.0 Å². The van der Waals surface area contributed by atoms with Crippen molar-refractivity contribution in [3.8, 4) is 29.0 Å². The number of anilines is 2. The molecule has 3 aliphatic heterocycles. The van der Waals surface area contributed by atoms with E-state index in [-0.39, 0.29) is 98.0 Å². The van der Waals surface area contributed by atoms with Crippen LogP contribution in [0.5, 0.6) is 11.8 Å². The van der Waals surface area contributed by atoms with Gasteiger partial charge >= 0.3 is 6.01 Å². The normalized spacial score (nSPS) is 21.6. The Bertz CT molecular complexity index is 1910. The Kier molecular flexibility index (Phi) is 7.14. The Balaban J connectivity index is 1.45. The first-order valence-electron chi connectivity index (χ1n) is 14.3. The number of alkyl halides is 3. The minimum absolute atomic E-state index is 0.0199. The van der Waals surface area contributed by atoms with Gasteiger partial charge in [-0.3, -0.25) is 4.90 Å². The monoisotopic (exact) mass is 664 g/mol. The molecule has 3 aliphatic rings. The third-order valence-electron chi connectivity index (χ3n) is 8.75. The molecule has 15 heteroatoms. The van der Waals surface area contributed by atoms with E-state index in [9.17, 15) is 22.8 Å². The van der Waals surface area contributed by atoms with Gasteiger partial charge in [0.25, 0.3) is 5.92 Å². The van der Waals surface area contributed by atoms with Crippen molar-refractivity contribution < 1.29 is 31.4 Å². The molecule has 4 aromatic rings. The van der Waals surface area contributed by atoms with E-state index in [2.05, 4.69) is 9.97 Å². The largest absolute Gasteiger partial charge is 0.489 e. The molecule has 0 aliphatic carbocycles. The molecule has 0 spiro atoms. The first-order chi connectivity index (χ1) is 21.4. The molecule has 2 N–H and O–H groups in total. The number of hydrogen-bond acceptors (Lipinski definition) is 9. The van der Waals surface area contributed by atoms with Crippen LogP contribution >= 0.6 is 22.9 Å². The summed E-state index contributed by atoms with van der Waals surface area (Å²) >= 11 is 7.67. The summed E-state index contributed by atoms with van der Waals surface area (Å²) in [6.45, 7) is 0.868. The van der Waals surface area contributed by atoms with Crippen LogP contribution in [0.1, 0.15) is 31.7 Å². The van der Waals surface area contributed by atoms with Gasteiger partial charge in [0.1, 0.15) is 47.6 Å². The van der Waals surface area contributed by atoms with E-state index in [1.165, 1.54) is 11.0 Å². The molecule has 0 bridgehead atoms. The van der Waals surface area contributed by atoms with Crippen molar-refractivity contribution in [2.45, 2.75) is 43.8 Å². The maximum absolute atomic E-state index is 16.9. The topological polar surface area (TPSA) is 101 Å². The predicted octanol–water partition coefficient (Wildman–Crippen LogP) is 6.71. The number of nitrogen functional groups attached to an aromatic ring is 1. The van der Waals surface area contributed by atoms with Crippen LogP contribution in [0, 0.1) is 23.0 Å². The number of nitrogens with zero attached hydrogens (tertiary/aromatic N) is 5. The zero-order valence-corrected chi connectivity index (χ0v) is 25.5. The van der Waals surface area contributed by atoms with Crippen LogP contribution in [0.25, 0.3) is 32.1 Å². The summed E-state index contributed by atoms with van der Waals surface area (Å²) in [6.07, 6.45) is 0.802. The fourth-order valence-electron chi connectivity index (χ4n) is 6.91. The summed E-state index contributed by atoms with van der Waals surface area (Å²) in [5.41, 5.74) is 4.90. The third kappa shape index (κ3) is 4.87. The summed E-state index contributed by atoms with van der Waals surface area (Å²) in [4.78, 5) is 12.1. The average Bonchev–Trinajstić information content (AvgIpc) is 3.58. The second-order valence-electron chi connectivity index (χ2n) is 11.8. The number of rotatable bonds is 6. The van der Waals surface area contributed by atoms with Gasteiger partial charge in [0.15, 0.2) is 11.6 Å². The van der Waals surface area contributed by atoms with E-state index >= 15 is 4.39 Å². The molecule has 0 amide bonds. The molecule has 8 nitrogen and oxygen atoms in total. The molecule has 5 heterocycles. The van der Waals surface area contributed by atoms with Gasteiger partial charge in [-0.05, 0) is 31.0 Å². The molecular weight excluding hydrogens is 639 g/mol. The summed E-state index contributed by atoms with van der Waals surface area (Å²) in [6, 6.07) is 4.08. The molecule has 2 aromatic heterocycles. The van der Waals surface area contributed by atoms with Crippen molar-refractivity contribution in [3.05, 3.63) is 34.4 Å². The highest BCUT2D eigenvalue weighted by atomic mass is 35.5. The summed E-state index contributed by atoms with van der Waals surface area (Å²) in [5.74, 6) is -4.90. The number of hydrogen-bond donors (Lipinski definition) is 1. The smallest absolute Gasteiger partial charge is 0.319 e. The van der Waals surface area contributed by atoms with Crippen molar-refractivity contribution in [3.63, 3.8) is 0 Å². The molecule has 0 saturated carbocycles. The lowest BCUT2D eigenvalue weighted by Gasteiger charge is -2.31. The second kappa shape index (κ2) is 10.7. The van der Waals surface area contributed by atoms with Crippen LogP contribution in [-0.4, -0.2) is 71.9 Å². The lowest BCUT2D eigenvalue weighted by atomic mass is 9.95. The number of ether oxygens (including phenoxy) is 2. The zero-order chi connectivity index (χ0) is 31.8. The highest BCUT2D eigenvalue weighted by Gasteiger charge is 2.49. The summed E-state index contributed by atoms with van der Waals surface area (Å²) in [7, 11) is 0. The molecule has 0 radical (unpaired) electrons. The van der Waals surface area contributed by atoms with Crippen LogP contribution in [0.3, 0.4) is 0 Å². The Labute approximate surface area is 263 Å². The first-order valence-corrected chi connectivity index (χ1v) is 15.5. The van der Waals surface area contributed by atoms with Crippen LogP contribution in [-0.2, 0) is 0 Å². The number of benzene rings is 2. The van der Waals surface area contributed by atoms with Gasteiger partial charge in [0.2, 0.25) is 0 Å². The molecule has 7 rings (SSSR count). The molecule has 236 valence electrons. The highest BCUT2D eigenvalue weighted by molar-refractivity contribution is 7.23. The van der Waals surface area contributed by atoms with E-state index in [0.717, 1.165) is 30.7 Å². The van der Waals surface area contributed by atoms with E-state index in [1.54, 1.807) is 0 Å². The maximum Gasteiger partial charge on any atom is 0.319 e. The molecule has 2 saturated heterocycles. The fraction of sp³-hybridized carbons (Fsp3) is 0.433. The maximum atomic E-state index is 16.9. The summed E-state index contributed by atoms with van der Waals surface area (Å²) in [5, 5.41) is 9.67. The molecule has 2 aromatic carbocycles. The lowest BCUT2D eigenvalue weighted by Crippen LogP contribution is -2.43. The van der Waals surface area contributed by atoms with Gasteiger partial charge in [-0.2, -0.15) is 15.2 Å². The first kappa shape index (κ1) is 30.0. The zero-order valence-electron chi connectivity index (χ0n) is 23.9. The van der Waals surface area contributed by atoms with Crippen molar-refractivity contribution in [1.29, 1.82) is 5.26 Å². The van der Waals surface area contributed by atoms with E-state index in [0.29, 0.717) is 13.0 Å². The third-order valence-corrected chi connectivity index (χ3v) is 10.1. The number of nitriles is 1. The van der Waals surface area contributed by atoms with E-state index in [4.69, 9.17) is 26.8 Å². The molecule has 2 atom stereocenters. The second-order valence-corrected chi connectivity index (χ2v) is 13.3. The van der Waals surface area contributed by atoms with Crippen molar-refractivity contribution in [1.82, 2.24) is 14.9 Å². The number of thiophene rings is 1. The Morgan fingerprint density at radius 3 is 2.82 bits per heavy atom. The van der Waals surface area contributed by atoms with E-state index in [1.807, 2.05) is 11.0 Å².